The lowest BCUT2D eigenvalue weighted by Crippen LogP contribution is -2.39. The normalized spacial score (nSPS) is 22.9. The van der Waals surface area contributed by atoms with Crippen LogP contribution in [-0.2, 0) is 0 Å². The molecule has 6 nitrogen and oxygen atoms in total. The predicted molar refractivity (Wildman–Crippen MR) is 73.1 cm³/mol. The Bertz CT molecular complexity index is 537. The van der Waals surface area contributed by atoms with Crippen LogP contribution >= 0.6 is 0 Å². The van der Waals surface area contributed by atoms with Crippen LogP contribution in [0.4, 0.5) is 5.95 Å². The Hall–Kier alpha value is -1.95. The molecule has 0 amide bonds. The van der Waals surface area contributed by atoms with E-state index in [2.05, 4.69) is 27.3 Å². The summed E-state index contributed by atoms with van der Waals surface area (Å²) >= 11 is 0. The van der Waals surface area contributed by atoms with E-state index >= 15 is 0 Å². The third kappa shape index (κ3) is 2.08. The van der Waals surface area contributed by atoms with Gasteiger partial charge in [0.2, 0.25) is 0 Å². The lowest BCUT2D eigenvalue weighted by Gasteiger charge is -2.25. The van der Waals surface area contributed by atoms with Crippen LogP contribution in [0.1, 0.15) is 13.3 Å². The maximum Gasteiger partial charge on any atom is 0.250 e. The van der Waals surface area contributed by atoms with E-state index in [-0.39, 0.29) is 0 Å². The molecule has 1 fully saturated rings. The van der Waals surface area contributed by atoms with Crippen LogP contribution in [0, 0.1) is 5.92 Å². The third-order valence-electron chi connectivity index (χ3n) is 3.83. The van der Waals surface area contributed by atoms with Gasteiger partial charge in [-0.15, -0.1) is 0 Å². The lowest BCUT2D eigenvalue weighted by atomic mass is 10.0. The van der Waals surface area contributed by atoms with Gasteiger partial charge in [-0.25, -0.2) is 0 Å². The van der Waals surface area contributed by atoms with E-state index in [1.807, 2.05) is 30.3 Å². The fraction of sp³-hybridized carbons (Fsp3) is 0.462. The predicted octanol–water partition coefficient (Wildman–Crippen LogP) is 0.836. The van der Waals surface area contributed by atoms with Gasteiger partial charge in [-0.05, 0) is 34.9 Å². The monoisotopic (exact) mass is 258 g/mol. The van der Waals surface area contributed by atoms with Crippen LogP contribution in [0.2, 0.25) is 0 Å². The van der Waals surface area contributed by atoms with Crippen molar-refractivity contribution in [3.05, 3.63) is 30.3 Å². The molecule has 0 aliphatic carbocycles. The fourth-order valence-corrected chi connectivity index (χ4v) is 2.71. The quantitative estimate of drug-likeness (QED) is 0.883. The summed E-state index contributed by atoms with van der Waals surface area (Å²) in [7, 11) is 0. The minimum Gasteiger partial charge on any atom is -0.335 e. The van der Waals surface area contributed by atoms with E-state index in [9.17, 15) is 0 Å². The molecule has 0 radical (unpaired) electrons. The molecule has 1 aromatic carbocycles. The highest BCUT2D eigenvalue weighted by Crippen LogP contribution is 2.28. The molecule has 6 heteroatoms. The van der Waals surface area contributed by atoms with Gasteiger partial charge in [0, 0.05) is 19.1 Å². The van der Waals surface area contributed by atoms with Crippen LogP contribution in [0.25, 0.3) is 5.69 Å². The highest BCUT2D eigenvalue weighted by Gasteiger charge is 2.33. The Balaban J connectivity index is 1.97. The van der Waals surface area contributed by atoms with Crippen molar-refractivity contribution in [3.8, 4) is 5.69 Å². The molecule has 0 bridgehead atoms. The molecule has 1 aromatic heterocycles. The average Bonchev–Trinajstić information content (AvgIpc) is 3.05. The second-order valence-corrected chi connectivity index (χ2v) is 4.99. The number of tetrazole rings is 1. The minimum absolute atomic E-state index is 0.313. The molecule has 2 heterocycles. The van der Waals surface area contributed by atoms with Crippen molar-refractivity contribution in [1.29, 1.82) is 0 Å². The van der Waals surface area contributed by atoms with Crippen molar-refractivity contribution in [2.24, 2.45) is 11.7 Å². The zero-order valence-electron chi connectivity index (χ0n) is 11.0. The van der Waals surface area contributed by atoms with E-state index in [0.29, 0.717) is 18.5 Å². The largest absolute Gasteiger partial charge is 0.335 e. The van der Waals surface area contributed by atoms with Gasteiger partial charge < -0.3 is 10.6 Å². The van der Waals surface area contributed by atoms with Gasteiger partial charge in [-0.2, -0.15) is 4.68 Å². The Morgan fingerprint density at radius 1 is 1.32 bits per heavy atom. The standard InChI is InChI=1S/C13H18N6/c1-10-7-8-18(12(10)9-14)13-15-16-17-19(13)11-5-3-2-4-6-11/h2-6,10,12H,7-9,14H2,1H3. The molecule has 2 unspecified atom stereocenters. The van der Waals surface area contributed by atoms with Crippen molar-refractivity contribution in [3.63, 3.8) is 0 Å². The molecule has 2 N–H and O–H groups in total. The van der Waals surface area contributed by atoms with Gasteiger partial charge in [0.25, 0.3) is 5.95 Å². The molecule has 2 atom stereocenters. The number of benzene rings is 1. The first-order valence-electron chi connectivity index (χ1n) is 6.61. The zero-order valence-corrected chi connectivity index (χ0v) is 11.0. The maximum atomic E-state index is 5.89. The third-order valence-corrected chi connectivity index (χ3v) is 3.83. The molecule has 2 aromatic rings. The van der Waals surface area contributed by atoms with Gasteiger partial charge in [-0.3, -0.25) is 0 Å². The van der Waals surface area contributed by atoms with Crippen LogP contribution < -0.4 is 10.6 Å². The van der Waals surface area contributed by atoms with E-state index < -0.39 is 0 Å². The van der Waals surface area contributed by atoms with Gasteiger partial charge in [0.15, 0.2) is 0 Å². The van der Waals surface area contributed by atoms with Crippen LogP contribution in [0.3, 0.4) is 0 Å². The van der Waals surface area contributed by atoms with Crippen molar-refractivity contribution >= 4 is 5.95 Å². The Morgan fingerprint density at radius 2 is 2.11 bits per heavy atom. The van der Waals surface area contributed by atoms with Crippen molar-refractivity contribution in [2.45, 2.75) is 19.4 Å². The number of nitrogens with zero attached hydrogens (tertiary/aromatic N) is 5. The van der Waals surface area contributed by atoms with Crippen molar-refractivity contribution < 1.29 is 0 Å². The summed E-state index contributed by atoms with van der Waals surface area (Å²) in [6.45, 7) is 3.81. The van der Waals surface area contributed by atoms with Crippen LogP contribution in [-0.4, -0.2) is 39.3 Å². The second-order valence-electron chi connectivity index (χ2n) is 4.99. The first-order chi connectivity index (χ1) is 9.31. The van der Waals surface area contributed by atoms with Crippen LogP contribution in [0.15, 0.2) is 30.3 Å². The zero-order chi connectivity index (χ0) is 13.2. The van der Waals surface area contributed by atoms with E-state index in [1.165, 1.54) is 0 Å². The summed E-state index contributed by atoms with van der Waals surface area (Å²) in [5.74, 6) is 1.36. The van der Waals surface area contributed by atoms with Gasteiger partial charge in [0.1, 0.15) is 0 Å². The second kappa shape index (κ2) is 4.97. The molecule has 0 saturated carbocycles. The van der Waals surface area contributed by atoms with E-state index in [1.54, 1.807) is 4.68 Å². The van der Waals surface area contributed by atoms with Gasteiger partial charge >= 0.3 is 0 Å². The molecule has 0 spiro atoms. The van der Waals surface area contributed by atoms with Crippen molar-refractivity contribution in [1.82, 2.24) is 20.2 Å². The summed E-state index contributed by atoms with van der Waals surface area (Å²) < 4.78 is 1.78. The van der Waals surface area contributed by atoms with Gasteiger partial charge in [-0.1, -0.05) is 30.2 Å². The number of aromatic nitrogens is 4. The van der Waals surface area contributed by atoms with Crippen molar-refractivity contribution in [2.75, 3.05) is 18.0 Å². The molecule has 3 rings (SSSR count). The number of nitrogens with two attached hydrogens (primary N) is 1. The first-order valence-corrected chi connectivity index (χ1v) is 6.61. The summed E-state index contributed by atoms with van der Waals surface area (Å²) in [5.41, 5.74) is 6.86. The molecular formula is C13H18N6. The summed E-state index contributed by atoms with van der Waals surface area (Å²) in [6, 6.07) is 10.2. The lowest BCUT2D eigenvalue weighted by molar-refractivity contribution is 0.514. The Morgan fingerprint density at radius 3 is 2.84 bits per heavy atom. The molecular weight excluding hydrogens is 240 g/mol. The number of hydrogen-bond donors (Lipinski definition) is 1. The van der Waals surface area contributed by atoms with Gasteiger partial charge in [0.05, 0.1) is 5.69 Å². The highest BCUT2D eigenvalue weighted by molar-refractivity contribution is 5.42. The molecule has 1 aliphatic rings. The molecule has 100 valence electrons. The summed E-state index contributed by atoms with van der Waals surface area (Å²) in [6.07, 6.45) is 1.13. The average molecular weight is 258 g/mol. The minimum atomic E-state index is 0.313. The van der Waals surface area contributed by atoms with Crippen LogP contribution in [0.5, 0.6) is 0 Å². The van der Waals surface area contributed by atoms with E-state index in [0.717, 1.165) is 24.6 Å². The fourth-order valence-electron chi connectivity index (χ4n) is 2.71. The number of para-hydroxylation sites is 1. The molecule has 1 saturated heterocycles. The molecule has 19 heavy (non-hydrogen) atoms. The first kappa shape index (κ1) is 12.1. The number of rotatable bonds is 3. The summed E-state index contributed by atoms with van der Waals surface area (Å²) in [4.78, 5) is 2.22. The topological polar surface area (TPSA) is 72.9 Å². The highest BCUT2D eigenvalue weighted by atomic mass is 15.6. The number of hydrogen-bond acceptors (Lipinski definition) is 5. The SMILES string of the molecule is CC1CCN(c2nnnn2-c2ccccc2)C1CN. The Kier molecular flexibility index (Phi) is 3.16. The Labute approximate surface area is 112 Å². The summed E-state index contributed by atoms with van der Waals surface area (Å²) in [5, 5.41) is 12.1. The smallest absolute Gasteiger partial charge is 0.250 e. The van der Waals surface area contributed by atoms with E-state index in [4.69, 9.17) is 5.73 Å². The number of anilines is 1. The molecule has 1 aliphatic heterocycles. The maximum absolute atomic E-state index is 5.89.